The predicted molar refractivity (Wildman–Crippen MR) is 93.1 cm³/mol. The topological polar surface area (TPSA) is 62.9 Å². The maximum atomic E-state index is 12.9. The second kappa shape index (κ2) is 8.55. The van der Waals surface area contributed by atoms with E-state index in [4.69, 9.17) is 9.15 Å². The molecular formula is C19H25NO4. The predicted octanol–water partition coefficient (Wildman–Crippen LogP) is 3.79. The van der Waals surface area contributed by atoms with Crippen molar-refractivity contribution in [1.82, 2.24) is 0 Å². The van der Waals surface area contributed by atoms with E-state index < -0.39 is 12.0 Å². The standard InChI is InChI=1S/C19H25NO4/c1-4-5-7-16(18(21)17-8-6-13-24-17)19(22)20(2)14-9-11-15(23-3)12-10-14/h6,8-13,16,18,21H,4-5,7H2,1-3H3/t16-,18+/m1/s1. The number of hydrogen-bond donors (Lipinski definition) is 1. The van der Waals surface area contributed by atoms with Crippen LogP contribution in [0.3, 0.4) is 0 Å². The van der Waals surface area contributed by atoms with Gasteiger partial charge in [0.25, 0.3) is 0 Å². The molecule has 130 valence electrons. The van der Waals surface area contributed by atoms with Crippen LogP contribution in [0.15, 0.2) is 47.1 Å². The average Bonchev–Trinajstić information content (AvgIpc) is 3.15. The molecule has 1 N–H and O–H groups in total. The van der Waals surface area contributed by atoms with E-state index >= 15 is 0 Å². The summed E-state index contributed by atoms with van der Waals surface area (Å²) in [6, 6.07) is 10.7. The van der Waals surface area contributed by atoms with E-state index in [0.29, 0.717) is 12.2 Å². The van der Waals surface area contributed by atoms with Crippen molar-refractivity contribution in [3.05, 3.63) is 48.4 Å². The number of ether oxygens (including phenoxy) is 1. The SMILES string of the molecule is CCCC[C@@H](C(=O)N(C)c1ccc(OC)cc1)[C@H](O)c1ccco1. The van der Waals surface area contributed by atoms with Gasteiger partial charge in [-0.25, -0.2) is 0 Å². The zero-order valence-corrected chi connectivity index (χ0v) is 14.4. The number of furan rings is 1. The van der Waals surface area contributed by atoms with E-state index in [1.54, 1.807) is 31.2 Å². The molecule has 0 spiro atoms. The summed E-state index contributed by atoms with van der Waals surface area (Å²) in [5.74, 6) is 0.492. The summed E-state index contributed by atoms with van der Waals surface area (Å²) < 4.78 is 10.4. The number of carbonyl (C=O) groups is 1. The van der Waals surface area contributed by atoms with E-state index in [9.17, 15) is 9.90 Å². The van der Waals surface area contributed by atoms with Crippen molar-refractivity contribution in [2.45, 2.75) is 32.3 Å². The van der Waals surface area contributed by atoms with Crippen LogP contribution in [-0.4, -0.2) is 25.2 Å². The Morgan fingerprint density at radius 1 is 1.29 bits per heavy atom. The Kier molecular flexibility index (Phi) is 6.44. The van der Waals surface area contributed by atoms with Gasteiger partial charge < -0.3 is 19.2 Å². The number of carbonyl (C=O) groups excluding carboxylic acids is 1. The molecule has 0 radical (unpaired) electrons. The summed E-state index contributed by atoms with van der Waals surface area (Å²) in [5.41, 5.74) is 0.758. The Bertz CT molecular complexity index is 621. The summed E-state index contributed by atoms with van der Waals surface area (Å²) >= 11 is 0. The van der Waals surface area contributed by atoms with Crippen LogP contribution in [0.2, 0.25) is 0 Å². The van der Waals surface area contributed by atoms with Crippen LogP contribution in [0.4, 0.5) is 5.69 Å². The summed E-state index contributed by atoms with van der Waals surface area (Å²) in [6.45, 7) is 2.06. The number of aliphatic hydroxyl groups is 1. The number of aliphatic hydroxyl groups excluding tert-OH is 1. The van der Waals surface area contributed by atoms with Gasteiger partial charge in [-0.1, -0.05) is 19.8 Å². The van der Waals surface area contributed by atoms with Crippen LogP contribution in [0, 0.1) is 5.92 Å². The van der Waals surface area contributed by atoms with E-state index in [1.807, 2.05) is 24.3 Å². The molecule has 1 heterocycles. The highest BCUT2D eigenvalue weighted by Crippen LogP contribution is 2.30. The molecule has 2 rings (SSSR count). The fourth-order valence-corrected chi connectivity index (χ4v) is 2.68. The molecule has 5 nitrogen and oxygen atoms in total. The highest BCUT2D eigenvalue weighted by atomic mass is 16.5. The number of nitrogens with zero attached hydrogens (tertiary/aromatic N) is 1. The molecule has 0 aliphatic carbocycles. The van der Waals surface area contributed by atoms with Gasteiger partial charge >= 0.3 is 0 Å². The molecule has 0 aliphatic rings. The minimum Gasteiger partial charge on any atom is -0.497 e. The summed E-state index contributed by atoms with van der Waals surface area (Å²) in [5, 5.41) is 10.6. The van der Waals surface area contributed by atoms with Crippen molar-refractivity contribution >= 4 is 11.6 Å². The number of anilines is 1. The third-order valence-electron chi connectivity index (χ3n) is 4.19. The van der Waals surface area contributed by atoms with Crippen molar-refractivity contribution in [3.8, 4) is 5.75 Å². The molecule has 24 heavy (non-hydrogen) atoms. The molecule has 0 unspecified atom stereocenters. The van der Waals surface area contributed by atoms with Crippen LogP contribution in [0.1, 0.15) is 38.1 Å². The fraction of sp³-hybridized carbons (Fsp3) is 0.421. The van der Waals surface area contributed by atoms with Crippen molar-refractivity contribution in [2.24, 2.45) is 5.92 Å². The van der Waals surface area contributed by atoms with E-state index in [-0.39, 0.29) is 5.91 Å². The minimum absolute atomic E-state index is 0.127. The van der Waals surface area contributed by atoms with Crippen molar-refractivity contribution in [1.29, 1.82) is 0 Å². The molecule has 0 bridgehead atoms. The molecule has 1 amide bonds. The lowest BCUT2D eigenvalue weighted by molar-refractivity contribution is -0.126. The number of amides is 1. The van der Waals surface area contributed by atoms with E-state index in [0.717, 1.165) is 24.3 Å². The Balaban J connectivity index is 2.18. The molecule has 0 saturated heterocycles. The van der Waals surface area contributed by atoms with Gasteiger partial charge in [0.05, 0.1) is 19.3 Å². The Labute approximate surface area is 142 Å². The normalized spacial score (nSPS) is 13.3. The van der Waals surface area contributed by atoms with Gasteiger partial charge in [-0.3, -0.25) is 4.79 Å². The van der Waals surface area contributed by atoms with Crippen LogP contribution < -0.4 is 9.64 Å². The highest BCUT2D eigenvalue weighted by Gasteiger charge is 2.31. The maximum Gasteiger partial charge on any atom is 0.232 e. The first-order valence-electron chi connectivity index (χ1n) is 8.21. The molecule has 0 aliphatic heterocycles. The van der Waals surface area contributed by atoms with Gasteiger partial charge in [-0.15, -0.1) is 0 Å². The van der Waals surface area contributed by atoms with Gasteiger partial charge in [0.15, 0.2) is 0 Å². The maximum absolute atomic E-state index is 12.9. The van der Waals surface area contributed by atoms with Gasteiger partial charge in [0, 0.05) is 12.7 Å². The number of rotatable bonds is 8. The molecule has 5 heteroatoms. The molecule has 1 aromatic carbocycles. The first-order chi connectivity index (χ1) is 11.6. The zero-order valence-electron chi connectivity index (χ0n) is 14.4. The second-order valence-corrected chi connectivity index (χ2v) is 5.80. The summed E-state index contributed by atoms with van der Waals surface area (Å²) in [6.07, 6.45) is 3.00. The zero-order chi connectivity index (χ0) is 17.5. The quantitative estimate of drug-likeness (QED) is 0.799. The first kappa shape index (κ1) is 18.1. The molecule has 0 saturated carbocycles. The van der Waals surface area contributed by atoms with Gasteiger partial charge in [-0.05, 0) is 42.8 Å². The second-order valence-electron chi connectivity index (χ2n) is 5.80. The number of unbranched alkanes of at least 4 members (excludes halogenated alkanes) is 1. The monoisotopic (exact) mass is 331 g/mol. The molecule has 2 aromatic rings. The number of benzene rings is 1. The van der Waals surface area contributed by atoms with Crippen molar-refractivity contribution in [2.75, 3.05) is 19.1 Å². The Hall–Kier alpha value is -2.27. The van der Waals surface area contributed by atoms with Gasteiger partial charge in [-0.2, -0.15) is 0 Å². The van der Waals surface area contributed by atoms with Crippen LogP contribution in [0.25, 0.3) is 0 Å². The molecule has 0 fully saturated rings. The molecule has 2 atom stereocenters. The number of hydrogen-bond acceptors (Lipinski definition) is 4. The summed E-state index contributed by atoms with van der Waals surface area (Å²) in [4.78, 5) is 14.5. The first-order valence-corrected chi connectivity index (χ1v) is 8.21. The molecule has 1 aromatic heterocycles. The lowest BCUT2D eigenvalue weighted by Crippen LogP contribution is -2.36. The highest BCUT2D eigenvalue weighted by molar-refractivity contribution is 5.95. The Morgan fingerprint density at radius 3 is 2.54 bits per heavy atom. The van der Waals surface area contributed by atoms with Crippen molar-refractivity contribution in [3.63, 3.8) is 0 Å². The van der Waals surface area contributed by atoms with Crippen LogP contribution in [-0.2, 0) is 4.79 Å². The lowest BCUT2D eigenvalue weighted by atomic mass is 9.92. The average molecular weight is 331 g/mol. The van der Waals surface area contributed by atoms with E-state index in [1.165, 1.54) is 6.26 Å². The van der Waals surface area contributed by atoms with E-state index in [2.05, 4.69) is 6.92 Å². The minimum atomic E-state index is -0.945. The van der Waals surface area contributed by atoms with Crippen molar-refractivity contribution < 1.29 is 19.1 Å². The van der Waals surface area contributed by atoms with Gasteiger partial charge in [0.1, 0.15) is 17.6 Å². The third kappa shape index (κ3) is 4.17. The fourth-order valence-electron chi connectivity index (χ4n) is 2.68. The van der Waals surface area contributed by atoms with Gasteiger partial charge in [0.2, 0.25) is 5.91 Å². The summed E-state index contributed by atoms with van der Waals surface area (Å²) in [7, 11) is 3.32. The largest absolute Gasteiger partial charge is 0.497 e. The smallest absolute Gasteiger partial charge is 0.232 e. The molecular weight excluding hydrogens is 306 g/mol. The number of methoxy groups -OCH3 is 1. The lowest BCUT2D eigenvalue weighted by Gasteiger charge is -2.26. The third-order valence-corrected chi connectivity index (χ3v) is 4.19. The van der Waals surface area contributed by atoms with Crippen LogP contribution >= 0.6 is 0 Å². The van der Waals surface area contributed by atoms with Crippen LogP contribution in [0.5, 0.6) is 5.75 Å². The Morgan fingerprint density at radius 2 is 2.00 bits per heavy atom.